The first-order chi connectivity index (χ1) is 9.81. The molecule has 1 N–H and O–H groups in total. The van der Waals surface area contributed by atoms with E-state index in [-0.39, 0.29) is 0 Å². The molecule has 0 radical (unpaired) electrons. The summed E-state index contributed by atoms with van der Waals surface area (Å²) in [6.07, 6.45) is 2.28. The second-order valence-electron chi connectivity index (χ2n) is 4.37. The van der Waals surface area contributed by atoms with Crippen molar-refractivity contribution in [1.82, 2.24) is 5.32 Å². The molecule has 122 valence electrons. The summed E-state index contributed by atoms with van der Waals surface area (Å²) in [5, 5.41) is 3.20. The third-order valence-electron chi connectivity index (χ3n) is 2.64. The summed E-state index contributed by atoms with van der Waals surface area (Å²) in [4.78, 5) is 0. The van der Waals surface area contributed by atoms with E-state index in [9.17, 15) is 4.21 Å². The zero-order valence-corrected chi connectivity index (χ0v) is 13.8. The Morgan fingerprint density at radius 1 is 0.850 bits per heavy atom. The molecular weight excluding hydrogens is 278 g/mol. The molecule has 0 rings (SSSR count). The molecule has 20 heavy (non-hydrogen) atoms. The molecule has 0 fully saturated rings. The van der Waals surface area contributed by atoms with Crippen molar-refractivity contribution >= 4 is 10.8 Å². The van der Waals surface area contributed by atoms with Gasteiger partial charge in [-0.1, -0.05) is 20.3 Å². The molecule has 5 nitrogen and oxygen atoms in total. The van der Waals surface area contributed by atoms with Gasteiger partial charge < -0.3 is 19.5 Å². The van der Waals surface area contributed by atoms with Gasteiger partial charge in [0.25, 0.3) is 0 Å². The van der Waals surface area contributed by atoms with Gasteiger partial charge in [0.1, 0.15) is 0 Å². The smallest absolute Gasteiger partial charge is 0.0701 e. The highest BCUT2D eigenvalue weighted by molar-refractivity contribution is 7.84. The molecule has 0 bridgehead atoms. The molecule has 0 heterocycles. The zero-order chi connectivity index (χ0) is 14.9. The molecule has 0 aliphatic heterocycles. The Morgan fingerprint density at radius 2 is 1.45 bits per heavy atom. The van der Waals surface area contributed by atoms with E-state index in [0.29, 0.717) is 33.0 Å². The van der Waals surface area contributed by atoms with E-state index in [0.717, 1.165) is 44.0 Å². The fourth-order valence-electron chi connectivity index (χ4n) is 1.39. The number of nitrogens with one attached hydrogen (secondary N) is 1. The summed E-state index contributed by atoms with van der Waals surface area (Å²) >= 11 is 0. The van der Waals surface area contributed by atoms with Gasteiger partial charge in [0.05, 0.1) is 33.0 Å². The van der Waals surface area contributed by atoms with Crippen LogP contribution in [0.1, 0.15) is 26.7 Å². The molecule has 0 saturated carbocycles. The van der Waals surface area contributed by atoms with Crippen LogP contribution in [0.25, 0.3) is 0 Å². The second kappa shape index (κ2) is 17.0. The SMILES string of the molecule is CCCCOCCOCCOCCNCCS(=O)CC. The van der Waals surface area contributed by atoms with E-state index in [1.165, 1.54) is 0 Å². The van der Waals surface area contributed by atoms with Crippen molar-refractivity contribution in [3.63, 3.8) is 0 Å². The topological polar surface area (TPSA) is 56.8 Å². The predicted octanol–water partition coefficient (Wildman–Crippen LogP) is 1.19. The third kappa shape index (κ3) is 16.0. The van der Waals surface area contributed by atoms with Crippen LogP contribution in [0.4, 0.5) is 0 Å². The van der Waals surface area contributed by atoms with Gasteiger partial charge in [0.15, 0.2) is 0 Å². The largest absolute Gasteiger partial charge is 0.379 e. The van der Waals surface area contributed by atoms with Crippen molar-refractivity contribution in [3.8, 4) is 0 Å². The monoisotopic (exact) mass is 309 g/mol. The van der Waals surface area contributed by atoms with Gasteiger partial charge in [-0.05, 0) is 6.42 Å². The molecule has 0 saturated heterocycles. The number of hydrogen-bond acceptors (Lipinski definition) is 5. The maximum Gasteiger partial charge on any atom is 0.0701 e. The molecule has 0 aromatic carbocycles. The van der Waals surface area contributed by atoms with Crippen LogP contribution in [0.2, 0.25) is 0 Å². The summed E-state index contributed by atoms with van der Waals surface area (Å²) in [6, 6.07) is 0. The fraction of sp³-hybridized carbons (Fsp3) is 1.00. The molecule has 0 aromatic rings. The van der Waals surface area contributed by atoms with Crippen LogP contribution in [0.5, 0.6) is 0 Å². The van der Waals surface area contributed by atoms with Crippen molar-refractivity contribution in [2.45, 2.75) is 26.7 Å². The van der Waals surface area contributed by atoms with Gasteiger partial charge in [-0.3, -0.25) is 4.21 Å². The van der Waals surface area contributed by atoms with E-state index in [2.05, 4.69) is 12.2 Å². The van der Waals surface area contributed by atoms with E-state index in [4.69, 9.17) is 14.2 Å². The quantitative estimate of drug-likeness (QED) is 0.434. The van der Waals surface area contributed by atoms with Crippen molar-refractivity contribution in [1.29, 1.82) is 0 Å². The number of ether oxygens (including phenoxy) is 3. The van der Waals surface area contributed by atoms with Gasteiger partial charge in [0.2, 0.25) is 0 Å². The molecule has 0 amide bonds. The van der Waals surface area contributed by atoms with Crippen LogP contribution in [0.15, 0.2) is 0 Å². The number of hydrogen-bond donors (Lipinski definition) is 1. The lowest BCUT2D eigenvalue weighted by Gasteiger charge is -2.07. The molecule has 0 aromatic heterocycles. The lowest BCUT2D eigenvalue weighted by Crippen LogP contribution is -2.25. The average Bonchev–Trinajstić information content (AvgIpc) is 2.47. The van der Waals surface area contributed by atoms with E-state index < -0.39 is 10.8 Å². The molecule has 0 aliphatic carbocycles. The Kier molecular flexibility index (Phi) is 17.0. The lowest BCUT2D eigenvalue weighted by molar-refractivity contribution is 0.0147. The first kappa shape index (κ1) is 20.0. The normalized spacial score (nSPS) is 12.7. The summed E-state index contributed by atoms with van der Waals surface area (Å²) in [5.41, 5.74) is 0. The van der Waals surface area contributed by atoms with Gasteiger partial charge in [-0.2, -0.15) is 0 Å². The van der Waals surface area contributed by atoms with Crippen LogP contribution < -0.4 is 5.32 Å². The minimum Gasteiger partial charge on any atom is -0.379 e. The van der Waals surface area contributed by atoms with Crippen molar-refractivity contribution in [2.75, 3.05) is 64.2 Å². The Bertz CT molecular complexity index is 217. The van der Waals surface area contributed by atoms with Gasteiger partial charge in [-0.15, -0.1) is 0 Å². The average molecular weight is 309 g/mol. The molecule has 0 spiro atoms. The first-order valence-corrected chi connectivity index (χ1v) is 9.09. The summed E-state index contributed by atoms with van der Waals surface area (Å²) in [7, 11) is -0.678. The van der Waals surface area contributed by atoms with Crippen LogP contribution in [0, 0.1) is 0 Å². The Morgan fingerprint density at radius 3 is 2.05 bits per heavy atom. The highest BCUT2D eigenvalue weighted by Crippen LogP contribution is 1.88. The minimum absolute atomic E-state index is 0.608. The Labute approximate surface area is 126 Å². The molecule has 0 aliphatic rings. The second-order valence-corrected chi connectivity index (χ2v) is 6.24. The van der Waals surface area contributed by atoms with Gasteiger partial charge in [-0.25, -0.2) is 0 Å². The maximum absolute atomic E-state index is 11.1. The lowest BCUT2D eigenvalue weighted by atomic mass is 10.4. The highest BCUT2D eigenvalue weighted by atomic mass is 32.2. The number of rotatable bonds is 16. The van der Waals surface area contributed by atoms with Gasteiger partial charge in [0, 0.05) is 42.0 Å². The van der Waals surface area contributed by atoms with Crippen molar-refractivity contribution in [3.05, 3.63) is 0 Å². The first-order valence-electron chi connectivity index (χ1n) is 7.60. The van der Waals surface area contributed by atoms with E-state index in [1.54, 1.807) is 0 Å². The van der Waals surface area contributed by atoms with Crippen LogP contribution in [-0.2, 0) is 25.0 Å². The summed E-state index contributed by atoms with van der Waals surface area (Å²) in [6.45, 7) is 9.67. The summed E-state index contributed by atoms with van der Waals surface area (Å²) < 4.78 is 27.3. The van der Waals surface area contributed by atoms with Gasteiger partial charge >= 0.3 is 0 Å². The van der Waals surface area contributed by atoms with E-state index in [1.807, 2.05) is 6.92 Å². The van der Waals surface area contributed by atoms with Crippen LogP contribution in [0.3, 0.4) is 0 Å². The molecular formula is C14H31NO4S. The van der Waals surface area contributed by atoms with Crippen LogP contribution in [-0.4, -0.2) is 68.4 Å². The van der Waals surface area contributed by atoms with Crippen LogP contribution >= 0.6 is 0 Å². The molecule has 6 heteroatoms. The Balaban J connectivity index is 2.97. The predicted molar refractivity (Wildman–Crippen MR) is 83.8 cm³/mol. The standard InChI is InChI=1S/C14H31NO4S/c1-3-5-8-17-10-12-19-13-11-18-9-6-15-7-14-20(16)4-2/h15H,3-14H2,1-2H3. The minimum atomic E-state index is -0.678. The fourth-order valence-corrected chi connectivity index (χ4v) is 2.05. The van der Waals surface area contributed by atoms with Crippen molar-refractivity contribution in [2.24, 2.45) is 0 Å². The third-order valence-corrected chi connectivity index (χ3v) is 3.94. The Hall–Kier alpha value is -0.0100. The zero-order valence-electron chi connectivity index (χ0n) is 13.0. The van der Waals surface area contributed by atoms with E-state index >= 15 is 0 Å². The maximum atomic E-state index is 11.1. The highest BCUT2D eigenvalue weighted by Gasteiger charge is 1.95. The molecule has 1 atom stereocenters. The summed E-state index contributed by atoms with van der Waals surface area (Å²) in [5.74, 6) is 1.45. The van der Waals surface area contributed by atoms with Crippen molar-refractivity contribution < 1.29 is 18.4 Å². The molecule has 1 unspecified atom stereocenters. The number of unbranched alkanes of at least 4 members (excludes halogenated alkanes) is 1.